The highest BCUT2D eigenvalue weighted by Gasteiger charge is 2.32. The monoisotopic (exact) mass is 404 g/mol. The number of rotatable bonds is 5. The lowest BCUT2D eigenvalue weighted by molar-refractivity contribution is 0.104. The molecular formula is C22H16N2O4S. The van der Waals surface area contributed by atoms with Gasteiger partial charge in [-0.25, -0.2) is 8.42 Å². The molecule has 0 spiro atoms. The summed E-state index contributed by atoms with van der Waals surface area (Å²) >= 11 is 0. The molecule has 1 N–H and O–H groups in total. The maximum atomic E-state index is 13.2. The zero-order valence-electron chi connectivity index (χ0n) is 15.1. The maximum absolute atomic E-state index is 13.2. The number of hydrogen-bond acceptors (Lipinski definition) is 6. The van der Waals surface area contributed by atoms with Crippen molar-refractivity contribution in [2.24, 2.45) is 5.10 Å². The highest BCUT2D eigenvalue weighted by molar-refractivity contribution is 8.08. The molecule has 0 fully saturated rings. The van der Waals surface area contributed by atoms with Gasteiger partial charge in [-0.15, -0.1) is 0 Å². The molecule has 0 saturated carbocycles. The van der Waals surface area contributed by atoms with Crippen LogP contribution in [0.2, 0.25) is 0 Å². The number of carbonyl (C=O) groups excluding carboxylic acids is 1. The van der Waals surface area contributed by atoms with Crippen molar-refractivity contribution >= 4 is 37.3 Å². The van der Waals surface area contributed by atoms with E-state index >= 15 is 0 Å². The first-order chi connectivity index (χ1) is 14.1. The zero-order valence-corrected chi connectivity index (χ0v) is 16.0. The molecule has 144 valence electrons. The fraction of sp³-hybridized carbons (Fsp3) is 0. The number of anilines is 1. The lowest BCUT2D eigenvalue weighted by atomic mass is 10.2. The van der Waals surface area contributed by atoms with Crippen molar-refractivity contribution in [2.75, 3.05) is 5.43 Å². The van der Waals surface area contributed by atoms with E-state index in [2.05, 4.69) is 10.5 Å². The summed E-state index contributed by atoms with van der Waals surface area (Å²) in [6.45, 7) is 0. The van der Waals surface area contributed by atoms with Crippen LogP contribution in [0.15, 0.2) is 105 Å². The Bertz CT molecular complexity index is 1260. The van der Waals surface area contributed by atoms with E-state index in [1.165, 1.54) is 18.2 Å². The molecule has 4 rings (SSSR count). The standard InChI is InChI=1S/C22H16N2O4S/c25-21(20-15-16-9-7-8-14-19(16)28-20)22(24-23-17-10-3-1-4-11-17)29(26,27)18-12-5-2-6-13-18/h1-15,23H/b24-22+. The molecular weight excluding hydrogens is 388 g/mol. The summed E-state index contributed by atoms with van der Waals surface area (Å²) in [5.41, 5.74) is 3.69. The third-order valence-electron chi connectivity index (χ3n) is 4.21. The van der Waals surface area contributed by atoms with Gasteiger partial charge in [0.15, 0.2) is 5.76 Å². The number of hydrazone groups is 1. The topological polar surface area (TPSA) is 88.7 Å². The van der Waals surface area contributed by atoms with Crippen LogP contribution in [-0.4, -0.2) is 19.2 Å². The van der Waals surface area contributed by atoms with Crippen molar-refractivity contribution in [3.8, 4) is 0 Å². The molecule has 0 amide bonds. The number of nitrogens with zero attached hydrogens (tertiary/aromatic N) is 1. The van der Waals surface area contributed by atoms with Gasteiger partial charge in [0.1, 0.15) is 5.58 Å². The molecule has 0 aliphatic carbocycles. The van der Waals surface area contributed by atoms with Crippen molar-refractivity contribution in [1.82, 2.24) is 0 Å². The largest absolute Gasteiger partial charge is 0.452 e. The highest BCUT2D eigenvalue weighted by atomic mass is 32.2. The molecule has 0 unspecified atom stereocenters. The van der Waals surface area contributed by atoms with Crippen LogP contribution in [0.3, 0.4) is 0 Å². The third-order valence-corrected chi connectivity index (χ3v) is 5.89. The molecule has 4 aromatic rings. The molecule has 1 aromatic heterocycles. The van der Waals surface area contributed by atoms with Crippen molar-refractivity contribution in [2.45, 2.75) is 4.90 Å². The quantitative estimate of drug-likeness (QED) is 0.229. The van der Waals surface area contributed by atoms with Gasteiger partial charge in [0.25, 0.3) is 5.78 Å². The second-order valence-corrected chi connectivity index (χ2v) is 8.05. The van der Waals surface area contributed by atoms with Crippen LogP contribution >= 0.6 is 0 Å². The number of fused-ring (bicyclic) bond motifs is 1. The van der Waals surface area contributed by atoms with Crippen LogP contribution in [0.25, 0.3) is 11.0 Å². The molecule has 0 aliphatic heterocycles. The Balaban J connectivity index is 1.80. The number of para-hydroxylation sites is 2. The molecule has 6 nitrogen and oxygen atoms in total. The van der Waals surface area contributed by atoms with Gasteiger partial charge in [-0.1, -0.05) is 54.6 Å². The van der Waals surface area contributed by atoms with Crippen molar-refractivity contribution < 1.29 is 17.6 Å². The van der Waals surface area contributed by atoms with E-state index in [4.69, 9.17) is 4.42 Å². The Hall–Kier alpha value is -3.71. The molecule has 1 heterocycles. The number of sulfone groups is 1. The second-order valence-electron chi connectivity index (χ2n) is 6.19. The van der Waals surface area contributed by atoms with Gasteiger partial charge < -0.3 is 4.42 Å². The lowest BCUT2D eigenvalue weighted by Crippen LogP contribution is -2.26. The Morgan fingerprint density at radius 2 is 1.45 bits per heavy atom. The van der Waals surface area contributed by atoms with Crippen molar-refractivity contribution in [3.05, 3.63) is 96.8 Å². The Labute approximate surface area is 167 Å². The molecule has 0 bridgehead atoms. The predicted molar refractivity (Wildman–Crippen MR) is 112 cm³/mol. The van der Waals surface area contributed by atoms with Crippen LogP contribution in [0.5, 0.6) is 0 Å². The Morgan fingerprint density at radius 3 is 2.14 bits per heavy atom. The average molecular weight is 404 g/mol. The van der Waals surface area contributed by atoms with Crippen molar-refractivity contribution in [1.29, 1.82) is 0 Å². The average Bonchev–Trinajstić information content (AvgIpc) is 3.19. The predicted octanol–water partition coefficient (Wildman–Crippen LogP) is 4.52. The molecule has 0 saturated heterocycles. The summed E-state index contributed by atoms with van der Waals surface area (Å²) in [5.74, 6) is -0.923. The van der Waals surface area contributed by atoms with Gasteiger partial charge >= 0.3 is 0 Å². The minimum atomic E-state index is -4.18. The first-order valence-corrected chi connectivity index (χ1v) is 10.3. The molecule has 29 heavy (non-hydrogen) atoms. The minimum Gasteiger partial charge on any atom is -0.452 e. The van der Waals surface area contributed by atoms with Crippen LogP contribution in [-0.2, 0) is 9.84 Å². The SMILES string of the molecule is O=C(/C(=N\Nc1ccccc1)S(=O)(=O)c1ccccc1)c1cc2ccccc2o1. The first kappa shape index (κ1) is 18.6. The lowest BCUT2D eigenvalue weighted by Gasteiger charge is -2.07. The van der Waals surface area contributed by atoms with Crippen LogP contribution in [0, 0.1) is 0 Å². The molecule has 0 aliphatic rings. The summed E-state index contributed by atoms with van der Waals surface area (Å²) in [6, 6.07) is 25.0. The number of nitrogens with one attached hydrogen (secondary N) is 1. The number of Topliss-reactive ketones (excluding diaryl/α,β-unsaturated/α-hetero) is 1. The summed E-state index contributed by atoms with van der Waals surface area (Å²) in [7, 11) is -4.18. The van der Waals surface area contributed by atoms with E-state index in [0.29, 0.717) is 16.7 Å². The van der Waals surface area contributed by atoms with Gasteiger partial charge in [0.05, 0.1) is 10.6 Å². The number of ketones is 1. The van der Waals surface area contributed by atoms with Crippen molar-refractivity contribution in [3.63, 3.8) is 0 Å². The first-order valence-electron chi connectivity index (χ1n) is 8.78. The number of hydrogen-bond donors (Lipinski definition) is 1. The van der Waals surface area contributed by atoms with Crippen LogP contribution < -0.4 is 5.43 Å². The van der Waals surface area contributed by atoms with Crippen LogP contribution in [0.4, 0.5) is 5.69 Å². The van der Waals surface area contributed by atoms with E-state index in [0.717, 1.165) is 0 Å². The van der Waals surface area contributed by atoms with E-state index in [1.54, 1.807) is 66.7 Å². The number of furan rings is 1. The second kappa shape index (κ2) is 7.73. The number of benzene rings is 3. The minimum absolute atomic E-state index is 0.0296. The van der Waals surface area contributed by atoms with Crippen LogP contribution in [0.1, 0.15) is 10.6 Å². The highest BCUT2D eigenvalue weighted by Crippen LogP contribution is 2.22. The fourth-order valence-corrected chi connectivity index (χ4v) is 4.02. The number of carbonyl (C=O) groups is 1. The van der Waals surface area contributed by atoms with E-state index in [1.807, 2.05) is 6.07 Å². The van der Waals surface area contributed by atoms with Gasteiger partial charge in [-0.05, 0) is 36.4 Å². The van der Waals surface area contributed by atoms with E-state index in [9.17, 15) is 13.2 Å². The molecule has 0 radical (unpaired) electrons. The fourth-order valence-electron chi connectivity index (χ4n) is 2.77. The van der Waals surface area contributed by atoms with E-state index < -0.39 is 20.7 Å². The third kappa shape index (κ3) is 3.81. The summed E-state index contributed by atoms with van der Waals surface area (Å²) in [4.78, 5) is 13.1. The normalized spacial score (nSPS) is 12.1. The Kier molecular flexibility index (Phi) is 4.97. The Morgan fingerprint density at radius 1 is 0.828 bits per heavy atom. The van der Waals surface area contributed by atoms with Gasteiger partial charge in [0, 0.05) is 5.39 Å². The van der Waals surface area contributed by atoms with Gasteiger partial charge in [0.2, 0.25) is 14.9 Å². The van der Waals surface area contributed by atoms with Gasteiger partial charge in [-0.3, -0.25) is 10.2 Å². The maximum Gasteiger partial charge on any atom is 0.260 e. The summed E-state index contributed by atoms with van der Waals surface area (Å²) in [6.07, 6.45) is 0. The summed E-state index contributed by atoms with van der Waals surface area (Å²) < 4.78 is 31.9. The molecule has 0 atom stereocenters. The van der Waals surface area contributed by atoms with E-state index in [-0.39, 0.29) is 10.7 Å². The van der Waals surface area contributed by atoms with Gasteiger partial charge in [-0.2, -0.15) is 5.10 Å². The molecule has 3 aromatic carbocycles. The zero-order chi connectivity index (χ0) is 20.3. The summed E-state index contributed by atoms with van der Waals surface area (Å²) in [5, 5.41) is 4.01. The molecule has 7 heteroatoms. The smallest absolute Gasteiger partial charge is 0.260 e.